The van der Waals surface area contributed by atoms with Crippen LogP contribution < -0.4 is 4.74 Å². The quantitative estimate of drug-likeness (QED) is 0.438. The van der Waals surface area contributed by atoms with Crippen molar-refractivity contribution in [2.24, 2.45) is 0 Å². The number of carboxylic acid groups (broad SMARTS) is 1. The van der Waals surface area contributed by atoms with E-state index in [9.17, 15) is 23.1 Å². The molecule has 0 aliphatic rings. The second-order valence-corrected chi connectivity index (χ2v) is 7.84. The molecule has 0 aliphatic carbocycles. The van der Waals surface area contributed by atoms with Crippen LogP contribution in [0.3, 0.4) is 0 Å². The molecule has 0 radical (unpaired) electrons. The van der Waals surface area contributed by atoms with Gasteiger partial charge in [0, 0.05) is 23.2 Å². The number of ether oxygens (including phenoxy) is 1. The topological polar surface area (TPSA) is 105 Å². The van der Waals surface area contributed by atoms with Crippen LogP contribution in [0.15, 0.2) is 48.8 Å². The third-order valence-corrected chi connectivity index (χ3v) is 5.57. The minimum Gasteiger partial charge on any atom is -0.486 e. The van der Waals surface area contributed by atoms with Gasteiger partial charge in [-0.05, 0) is 34.9 Å². The van der Waals surface area contributed by atoms with Crippen molar-refractivity contribution in [1.82, 2.24) is 15.2 Å². The number of benzene rings is 1. The Labute approximate surface area is 195 Å². The fourth-order valence-electron chi connectivity index (χ4n) is 3.28. The summed E-state index contributed by atoms with van der Waals surface area (Å²) in [5.74, 6) is -2.88. The van der Waals surface area contributed by atoms with E-state index in [-0.39, 0.29) is 33.8 Å². The van der Waals surface area contributed by atoms with Gasteiger partial charge in [-0.2, -0.15) is 18.3 Å². The summed E-state index contributed by atoms with van der Waals surface area (Å²) in [5, 5.41) is 26.7. The van der Waals surface area contributed by atoms with Gasteiger partial charge in [0.15, 0.2) is 11.4 Å². The summed E-state index contributed by atoms with van der Waals surface area (Å²) >= 11 is 12.0. The summed E-state index contributed by atoms with van der Waals surface area (Å²) in [5.41, 5.74) is -3.67. The predicted octanol–water partition coefficient (Wildman–Crippen LogP) is 5.01. The van der Waals surface area contributed by atoms with Gasteiger partial charge in [-0.15, -0.1) is 5.10 Å². The molecule has 2 atom stereocenters. The molecule has 2 heterocycles. The van der Waals surface area contributed by atoms with Crippen LogP contribution in [0.5, 0.6) is 5.75 Å². The summed E-state index contributed by atoms with van der Waals surface area (Å²) in [6.45, 7) is 1.06. The number of alkyl halides is 3. The van der Waals surface area contributed by atoms with Crippen molar-refractivity contribution in [1.29, 1.82) is 0 Å². The van der Waals surface area contributed by atoms with E-state index < -0.39 is 29.2 Å². The van der Waals surface area contributed by atoms with Crippen LogP contribution in [0.25, 0.3) is 0 Å². The highest BCUT2D eigenvalue weighted by atomic mass is 35.5. The van der Waals surface area contributed by atoms with E-state index in [1.54, 1.807) is 0 Å². The first kappa shape index (κ1) is 24.7. The molecule has 12 heteroatoms. The average molecular weight is 502 g/mol. The molecule has 33 heavy (non-hydrogen) atoms. The maximum Gasteiger partial charge on any atom is 0.422 e. The van der Waals surface area contributed by atoms with Crippen LogP contribution in [0.1, 0.15) is 40.0 Å². The normalized spacial score (nSPS) is 14.4. The van der Waals surface area contributed by atoms with Crippen molar-refractivity contribution in [2.45, 2.75) is 31.2 Å². The number of hydrogen-bond donors (Lipinski definition) is 2. The maximum absolute atomic E-state index is 14.0. The molecule has 7 nitrogen and oxygen atoms in total. The van der Waals surface area contributed by atoms with E-state index in [1.165, 1.54) is 37.4 Å². The Morgan fingerprint density at radius 2 is 1.88 bits per heavy atom. The zero-order valence-electron chi connectivity index (χ0n) is 16.8. The minimum absolute atomic E-state index is 0.0324. The average Bonchev–Trinajstić information content (AvgIpc) is 2.76. The van der Waals surface area contributed by atoms with Gasteiger partial charge >= 0.3 is 12.1 Å². The lowest BCUT2D eigenvalue weighted by Gasteiger charge is -2.37. The van der Waals surface area contributed by atoms with Crippen LogP contribution in [-0.4, -0.2) is 37.5 Å². The van der Waals surface area contributed by atoms with Crippen molar-refractivity contribution >= 4 is 29.2 Å². The number of carboxylic acids is 1. The van der Waals surface area contributed by atoms with Crippen molar-refractivity contribution in [3.8, 4) is 5.75 Å². The Bertz CT molecular complexity index is 1180. The monoisotopic (exact) mass is 501 g/mol. The van der Waals surface area contributed by atoms with Gasteiger partial charge in [0.1, 0.15) is 11.8 Å². The molecule has 1 aromatic carbocycles. The van der Waals surface area contributed by atoms with E-state index in [4.69, 9.17) is 33.0 Å². The van der Waals surface area contributed by atoms with Gasteiger partial charge in [-0.3, -0.25) is 0 Å². The fraction of sp³-hybridized carbons (Fsp3) is 0.238. The molecule has 2 N–H and O–H groups in total. The fourth-order valence-corrected chi connectivity index (χ4v) is 3.82. The smallest absolute Gasteiger partial charge is 0.422 e. The van der Waals surface area contributed by atoms with Gasteiger partial charge in [0.05, 0.1) is 6.20 Å². The summed E-state index contributed by atoms with van der Waals surface area (Å²) in [4.78, 5) is 14.8. The number of rotatable bonds is 7. The molecule has 2 aromatic heterocycles. The Morgan fingerprint density at radius 1 is 1.15 bits per heavy atom. The lowest BCUT2D eigenvalue weighted by molar-refractivity contribution is -0.274. The van der Waals surface area contributed by atoms with E-state index >= 15 is 0 Å². The number of pyridine rings is 1. The third-order valence-electron chi connectivity index (χ3n) is 5.04. The first-order valence-corrected chi connectivity index (χ1v) is 10.1. The highest BCUT2D eigenvalue weighted by Crippen LogP contribution is 2.50. The number of aromatic nitrogens is 3. The molecule has 0 aliphatic heterocycles. The molecule has 0 spiro atoms. The number of aliphatic hydroxyl groups is 1. The lowest BCUT2D eigenvalue weighted by Crippen LogP contribution is -2.46. The van der Waals surface area contributed by atoms with Crippen LogP contribution in [0, 0.1) is 0 Å². The number of nitrogens with zero attached hydrogens (tertiary/aromatic N) is 3. The molecule has 3 aromatic rings. The van der Waals surface area contributed by atoms with Crippen molar-refractivity contribution in [3.63, 3.8) is 0 Å². The Morgan fingerprint density at radius 3 is 2.48 bits per heavy atom. The number of halogens is 5. The van der Waals surface area contributed by atoms with Gasteiger partial charge < -0.3 is 14.9 Å². The maximum atomic E-state index is 14.0. The lowest BCUT2D eigenvalue weighted by atomic mass is 9.78. The van der Waals surface area contributed by atoms with E-state index in [2.05, 4.69) is 15.2 Å². The number of carbonyl (C=O) groups is 1. The van der Waals surface area contributed by atoms with Crippen molar-refractivity contribution in [2.75, 3.05) is 0 Å². The van der Waals surface area contributed by atoms with E-state index in [0.29, 0.717) is 5.56 Å². The SMILES string of the molecule is CC(c1ccc(COc2ccnnc2C(=O)O)cc1Cl)C(O)(c1ccnc(Cl)c1)C(F)(F)F. The van der Waals surface area contributed by atoms with Gasteiger partial charge in [0.2, 0.25) is 5.69 Å². The molecule has 2 unspecified atom stereocenters. The zero-order chi connectivity index (χ0) is 24.4. The Kier molecular flexibility index (Phi) is 7.11. The minimum atomic E-state index is -5.05. The molecular weight excluding hydrogens is 486 g/mol. The second kappa shape index (κ2) is 9.50. The zero-order valence-corrected chi connectivity index (χ0v) is 18.4. The summed E-state index contributed by atoms with van der Waals surface area (Å²) in [6.07, 6.45) is -2.73. The van der Waals surface area contributed by atoms with Gasteiger partial charge in [-0.1, -0.05) is 42.3 Å². The van der Waals surface area contributed by atoms with Crippen LogP contribution in [-0.2, 0) is 12.2 Å². The Hall–Kier alpha value is -2.95. The molecule has 0 fully saturated rings. The van der Waals surface area contributed by atoms with E-state index in [0.717, 1.165) is 18.3 Å². The second-order valence-electron chi connectivity index (χ2n) is 7.05. The first-order chi connectivity index (χ1) is 15.4. The van der Waals surface area contributed by atoms with E-state index in [1.807, 2.05) is 0 Å². The van der Waals surface area contributed by atoms with Crippen LogP contribution >= 0.6 is 23.2 Å². The van der Waals surface area contributed by atoms with Crippen molar-refractivity contribution in [3.05, 3.63) is 81.4 Å². The largest absolute Gasteiger partial charge is 0.486 e. The van der Waals surface area contributed by atoms with Gasteiger partial charge in [-0.25, -0.2) is 9.78 Å². The summed E-state index contributed by atoms with van der Waals surface area (Å²) in [6, 6.07) is 7.48. The third kappa shape index (κ3) is 5.02. The molecule has 3 rings (SSSR count). The highest BCUT2D eigenvalue weighted by Gasteiger charge is 2.59. The summed E-state index contributed by atoms with van der Waals surface area (Å²) < 4.78 is 47.6. The molecular formula is C21H16Cl2F3N3O4. The first-order valence-electron chi connectivity index (χ1n) is 9.32. The Balaban J connectivity index is 1.90. The molecule has 174 valence electrons. The van der Waals surface area contributed by atoms with Gasteiger partial charge in [0.25, 0.3) is 0 Å². The summed E-state index contributed by atoms with van der Waals surface area (Å²) in [7, 11) is 0. The molecule has 0 saturated carbocycles. The van der Waals surface area contributed by atoms with Crippen LogP contribution in [0.4, 0.5) is 13.2 Å². The highest BCUT2D eigenvalue weighted by molar-refractivity contribution is 6.31. The predicted molar refractivity (Wildman–Crippen MR) is 112 cm³/mol. The van der Waals surface area contributed by atoms with Crippen molar-refractivity contribution < 1.29 is 32.9 Å². The van der Waals surface area contributed by atoms with Crippen LogP contribution in [0.2, 0.25) is 10.2 Å². The number of aromatic carboxylic acids is 1. The number of hydrogen-bond acceptors (Lipinski definition) is 6. The molecule has 0 saturated heterocycles. The molecule has 0 amide bonds. The molecule has 0 bridgehead atoms. The standard InChI is InChI=1S/C21H16Cl2F3N3O4/c1-11(20(32,21(24,25)26)13-4-6-27-17(23)9-13)14-3-2-12(8-15(14)22)10-33-16-5-7-28-29-18(16)19(30)31/h2-9,11,32H,10H2,1H3,(H,30,31).